The molecule has 1 atom stereocenters. The van der Waals surface area contributed by atoms with Crippen molar-refractivity contribution in [3.8, 4) is 0 Å². The van der Waals surface area contributed by atoms with Crippen molar-refractivity contribution < 1.29 is 9.59 Å². The van der Waals surface area contributed by atoms with E-state index in [0.29, 0.717) is 18.2 Å². The SMILES string of the molecule is CNC1CCCN(CC(=O)N2CCC(NC(=O)c3ccccc3)CC2)C1.Cl. The molecule has 1 aromatic rings. The van der Waals surface area contributed by atoms with E-state index in [2.05, 4.69) is 15.5 Å². The Morgan fingerprint density at radius 2 is 1.74 bits per heavy atom. The van der Waals surface area contributed by atoms with E-state index in [1.807, 2.05) is 42.3 Å². The zero-order valence-electron chi connectivity index (χ0n) is 16.0. The summed E-state index contributed by atoms with van der Waals surface area (Å²) in [5.74, 6) is 0.191. The molecule has 3 rings (SSSR count). The van der Waals surface area contributed by atoms with Gasteiger partial charge in [-0.25, -0.2) is 0 Å². The predicted octanol–water partition coefficient (Wildman–Crippen LogP) is 1.51. The van der Waals surface area contributed by atoms with Gasteiger partial charge in [-0.15, -0.1) is 12.4 Å². The molecule has 2 amide bonds. The van der Waals surface area contributed by atoms with Crippen molar-refractivity contribution in [1.82, 2.24) is 20.4 Å². The molecule has 2 N–H and O–H groups in total. The highest BCUT2D eigenvalue weighted by Crippen LogP contribution is 2.14. The summed E-state index contributed by atoms with van der Waals surface area (Å²) < 4.78 is 0. The van der Waals surface area contributed by atoms with Gasteiger partial charge in [0.25, 0.3) is 5.91 Å². The molecule has 0 saturated carbocycles. The number of likely N-dealkylation sites (tertiary alicyclic amines) is 2. The second kappa shape index (κ2) is 10.6. The summed E-state index contributed by atoms with van der Waals surface area (Å²) in [6, 6.07) is 9.94. The number of carbonyl (C=O) groups is 2. The summed E-state index contributed by atoms with van der Waals surface area (Å²) in [4.78, 5) is 29.0. The van der Waals surface area contributed by atoms with Gasteiger partial charge >= 0.3 is 0 Å². The largest absolute Gasteiger partial charge is 0.349 e. The first-order valence-corrected chi connectivity index (χ1v) is 9.69. The van der Waals surface area contributed by atoms with Crippen molar-refractivity contribution in [2.75, 3.05) is 39.8 Å². The molecule has 27 heavy (non-hydrogen) atoms. The second-order valence-corrected chi connectivity index (χ2v) is 7.36. The van der Waals surface area contributed by atoms with E-state index in [-0.39, 0.29) is 30.3 Å². The van der Waals surface area contributed by atoms with Crippen LogP contribution in [0.4, 0.5) is 0 Å². The number of rotatable bonds is 5. The fraction of sp³-hybridized carbons (Fsp3) is 0.600. The zero-order chi connectivity index (χ0) is 18.4. The molecule has 1 aromatic carbocycles. The molecule has 1 unspecified atom stereocenters. The van der Waals surface area contributed by atoms with Gasteiger partial charge in [-0.3, -0.25) is 14.5 Å². The molecule has 0 aromatic heterocycles. The summed E-state index contributed by atoms with van der Waals surface area (Å²) in [6.45, 7) is 3.92. The quantitative estimate of drug-likeness (QED) is 0.794. The number of hydrogen-bond donors (Lipinski definition) is 2. The average molecular weight is 395 g/mol. The number of nitrogens with one attached hydrogen (secondary N) is 2. The van der Waals surface area contributed by atoms with Crippen LogP contribution in [-0.2, 0) is 4.79 Å². The van der Waals surface area contributed by atoms with Crippen LogP contribution in [-0.4, -0.2) is 73.5 Å². The Kier molecular flexibility index (Phi) is 8.54. The Labute approximate surface area is 168 Å². The molecule has 0 spiro atoms. The number of hydrogen-bond acceptors (Lipinski definition) is 4. The molecule has 7 heteroatoms. The molecule has 0 aliphatic carbocycles. The van der Waals surface area contributed by atoms with E-state index in [1.54, 1.807) is 0 Å². The van der Waals surface area contributed by atoms with Crippen LogP contribution < -0.4 is 10.6 Å². The lowest BCUT2D eigenvalue weighted by Gasteiger charge is -2.36. The predicted molar refractivity (Wildman–Crippen MR) is 109 cm³/mol. The number of piperidine rings is 2. The van der Waals surface area contributed by atoms with Crippen LogP contribution in [0, 0.1) is 0 Å². The number of benzene rings is 1. The summed E-state index contributed by atoms with van der Waals surface area (Å²) in [7, 11) is 1.99. The van der Waals surface area contributed by atoms with Gasteiger partial charge in [-0.1, -0.05) is 18.2 Å². The van der Waals surface area contributed by atoms with Gasteiger partial charge in [0.15, 0.2) is 0 Å². The number of amides is 2. The van der Waals surface area contributed by atoms with Gasteiger partial charge in [-0.2, -0.15) is 0 Å². The van der Waals surface area contributed by atoms with Gasteiger partial charge in [0.1, 0.15) is 0 Å². The highest BCUT2D eigenvalue weighted by molar-refractivity contribution is 5.94. The maximum atomic E-state index is 12.6. The van der Waals surface area contributed by atoms with Crippen LogP contribution in [0.5, 0.6) is 0 Å². The van der Waals surface area contributed by atoms with E-state index in [1.165, 1.54) is 6.42 Å². The molecular weight excluding hydrogens is 364 g/mol. The third-order valence-electron chi connectivity index (χ3n) is 5.49. The molecule has 2 fully saturated rings. The number of nitrogens with zero attached hydrogens (tertiary/aromatic N) is 2. The topological polar surface area (TPSA) is 64.7 Å². The first-order chi connectivity index (χ1) is 12.7. The average Bonchev–Trinajstić information content (AvgIpc) is 2.69. The molecule has 2 heterocycles. The molecule has 0 bridgehead atoms. The van der Waals surface area contributed by atoms with Gasteiger partial charge < -0.3 is 15.5 Å². The fourth-order valence-corrected chi connectivity index (χ4v) is 3.86. The van der Waals surface area contributed by atoms with Gasteiger partial charge in [0.05, 0.1) is 6.54 Å². The smallest absolute Gasteiger partial charge is 0.251 e. The third-order valence-corrected chi connectivity index (χ3v) is 5.49. The van der Waals surface area contributed by atoms with Crippen molar-refractivity contribution in [2.45, 2.75) is 37.8 Å². The number of halogens is 1. The highest BCUT2D eigenvalue weighted by atomic mass is 35.5. The minimum absolute atomic E-state index is 0. The molecule has 6 nitrogen and oxygen atoms in total. The maximum absolute atomic E-state index is 12.6. The molecule has 0 radical (unpaired) electrons. The third kappa shape index (κ3) is 6.19. The van der Waals surface area contributed by atoms with Crippen molar-refractivity contribution in [1.29, 1.82) is 0 Å². The summed E-state index contributed by atoms with van der Waals surface area (Å²) in [5, 5.41) is 6.41. The van der Waals surface area contributed by atoms with Gasteiger partial charge in [0, 0.05) is 37.3 Å². The van der Waals surface area contributed by atoms with Gasteiger partial charge in [-0.05, 0) is 51.4 Å². The lowest BCUT2D eigenvalue weighted by Crippen LogP contribution is -2.51. The number of carbonyl (C=O) groups excluding carboxylic acids is 2. The zero-order valence-corrected chi connectivity index (χ0v) is 16.8. The van der Waals surface area contributed by atoms with Crippen LogP contribution in [0.2, 0.25) is 0 Å². The van der Waals surface area contributed by atoms with Crippen LogP contribution in [0.25, 0.3) is 0 Å². The molecule has 2 aliphatic rings. The molecular formula is C20H31ClN4O2. The minimum atomic E-state index is -0.0261. The maximum Gasteiger partial charge on any atom is 0.251 e. The van der Waals surface area contributed by atoms with Crippen LogP contribution >= 0.6 is 12.4 Å². The van der Waals surface area contributed by atoms with E-state index in [9.17, 15) is 9.59 Å². The highest BCUT2D eigenvalue weighted by Gasteiger charge is 2.26. The number of likely N-dealkylation sites (N-methyl/N-ethyl adjacent to an activating group) is 1. The first kappa shape index (κ1) is 21.7. The standard InChI is InChI=1S/C20H30N4O2.ClH/c1-21-18-8-5-11-23(14-18)15-19(25)24-12-9-17(10-13-24)22-20(26)16-6-3-2-4-7-16;/h2-4,6-7,17-18,21H,5,8-15H2,1H3,(H,22,26);1H. The normalized spacial score (nSPS) is 21.4. The van der Waals surface area contributed by atoms with Gasteiger partial charge in [0.2, 0.25) is 5.91 Å². The van der Waals surface area contributed by atoms with Crippen LogP contribution in [0.3, 0.4) is 0 Å². The van der Waals surface area contributed by atoms with E-state index >= 15 is 0 Å². The first-order valence-electron chi connectivity index (χ1n) is 9.69. The fourth-order valence-electron chi connectivity index (χ4n) is 3.86. The van der Waals surface area contributed by atoms with E-state index < -0.39 is 0 Å². The van der Waals surface area contributed by atoms with Crippen molar-refractivity contribution in [3.05, 3.63) is 35.9 Å². The monoisotopic (exact) mass is 394 g/mol. The Balaban J connectivity index is 0.00000261. The summed E-state index contributed by atoms with van der Waals surface area (Å²) in [6.07, 6.45) is 3.98. The van der Waals surface area contributed by atoms with Crippen LogP contribution in [0.15, 0.2) is 30.3 Å². The second-order valence-electron chi connectivity index (χ2n) is 7.36. The van der Waals surface area contributed by atoms with Crippen molar-refractivity contribution in [3.63, 3.8) is 0 Å². The van der Waals surface area contributed by atoms with Crippen LogP contribution in [0.1, 0.15) is 36.0 Å². The lowest BCUT2D eigenvalue weighted by molar-refractivity contribution is -0.133. The Bertz CT molecular complexity index is 605. The molecule has 150 valence electrons. The molecule has 2 aliphatic heterocycles. The van der Waals surface area contributed by atoms with Crippen molar-refractivity contribution >= 4 is 24.2 Å². The molecule has 2 saturated heterocycles. The lowest BCUT2D eigenvalue weighted by atomic mass is 10.0. The van der Waals surface area contributed by atoms with E-state index in [0.717, 1.165) is 45.4 Å². The minimum Gasteiger partial charge on any atom is -0.349 e. The Hall–Kier alpha value is -1.63. The Morgan fingerprint density at radius 3 is 2.41 bits per heavy atom. The Morgan fingerprint density at radius 1 is 1.04 bits per heavy atom. The summed E-state index contributed by atoms with van der Waals surface area (Å²) >= 11 is 0. The van der Waals surface area contributed by atoms with E-state index in [4.69, 9.17) is 0 Å². The summed E-state index contributed by atoms with van der Waals surface area (Å²) in [5.41, 5.74) is 0.690. The van der Waals surface area contributed by atoms with Crippen molar-refractivity contribution in [2.24, 2.45) is 0 Å².